The van der Waals surface area contributed by atoms with Gasteiger partial charge < -0.3 is 5.32 Å². The minimum absolute atomic E-state index is 0.155. The van der Waals surface area contributed by atoms with Crippen molar-refractivity contribution in [3.63, 3.8) is 0 Å². The van der Waals surface area contributed by atoms with Crippen LogP contribution < -0.4 is 5.32 Å². The zero-order chi connectivity index (χ0) is 16.1. The Morgan fingerprint density at radius 3 is 2.43 bits per heavy atom. The van der Waals surface area contributed by atoms with Crippen LogP contribution in [-0.4, -0.2) is 29.2 Å². The molecule has 1 saturated heterocycles. The van der Waals surface area contributed by atoms with E-state index in [9.17, 15) is 14.4 Å². The second kappa shape index (κ2) is 5.20. The van der Waals surface area contributed by atoms with E-state index in [2.05, 4.69) is 5.32 Å². The number of nitrogens with one attached hydrogen (secondary N) is 1. The monoisotopic (exact) mass is 330 g/mol. The number of anilines is 1. The molecule has 1 saturated carbocycles. The fraction of sp³-hybridized carbons (Fsp3) is 0.353. The highest BCUT2D eigenvalue weighted by Gasteiger charge is 2.59. The van der Waals surface area contributed by atoms with Crippen LogP contribution in [0.2, 0.25) is 5.02 Å². The average molecular weight is 331 g/mol. The van der Waals surface area contributed by atoms with E-state index in [4.69, 9.17) is 11.6 Å². The van der Waals surface area contributed by atoms with Crippen molar-refractivity contribution < 1.29 is 14.4 Å². The molecule has 0 unspecified atom stereocenters. The van der Waals surface area contributed by atoms with Crippen molar-refractivity contribution in [3.8, 4) is 0 Å². The number of imide groups is 1. The van der Waals surface area contributed by atoms with E-state index in [0.717, 1.165) is 11.3 Å². The molecule has 5 nitrogen and oxygen atoms in total. The lowest BCUT2D eigenvalue weighted by Gasteiger charge is -2.16. The molecule has 1 aromatic rings. The Morgan fingerprint density at radius 2 is 1.83 bits per heavy atom. The van der Waals surface area contributed by atoms with E-state index in [-0.39, 0.29) is 42.0 Å². The van der Waals surface area contributed by atoms with Gasteiger partial charge in [0.25, 0.3) is 0 Å². The Balaban J connectivity index is 1.46. The molecule has 0 radical (unpaired) electrons. The first-order valence-corrected chi connectivity index (χ1v) is 8.01. The van der Waals surface area contributed by atoms with E-state index in [0.29, 0.717) is 10.7 Å². The van der Waals surface area contributed by atoms with Gasteiger partial charge in [-0.2, -0.15) is 0 Å². The number of carbonyl (C=O) groups excluding carboxylic acids is 3. The van der Waals surface area contributed by atoms with Gasteiger partial charge in [0.1, 0.15) is 6.54 Å². The Kier molecular flexibility index (Phi) is 3.27. The van der Waals surface area contributed by atoms with E-state index in [1.165, 1.54) is 0 Å². The van der Waals surface area contributed by atoms with Gasteiger partial charge in [-0.25, -0.2) is 0 Å². The first kappa shape index (κ1) is 14.5. The Bertz CT molecular complexity index is 715. The van der Waals surface area contributed by atoms with Gasteiger partial charge in [-0.1, -0.05) is 29.8 Å². The first-order valence-electron chi connectivity index (χ1n) is 7.63. The van der Waals surface area contributed by atoms with Crippen LogP contribution in [-0.2, 0) is 14.4 Å². The smallest absolute Gasteiger partial charge is 0.244 e. The quantitative estimate of drug-likeness (QED) is 0.681. The Labute approximate surface area is 138 Å². The number of allylic oxidation sites excluding steroid dienone is 2. The van der Waals surface area contributed by atoms with E-state index in [1.807, 2.05) is 12.2 Å². The molecule has 0 spiro atoms. The van der Waals surface area contributed by atoms with Gasteiger partial charge in [-0.3, -0.25) is 19.3 Å². The molecular weight excluding hydrogens is 316 g/mol. The van der Waals surface area contributed by atoms with Crippen molar-refractivity contribution in [2.75, 3.05) is 11.9 Å². The highest BCUT2D eigenvalue weighted by molar-refractivity contribution is 6.30. The first-order chi connectivity index (χ1) is 11.0. The highest BCUT2D eigenvalue weighted by Crippen LogP contribution is 2.52. The van der Waals surface area contributed by atoms with Crippen LogP contribution in [0.4, 0.5) is 5.69 Å². The van der Waals surface area contributed by atoms with E-state index < -0.39 is 5.91 Å². The van der Waals surface area contributed by atoms with Crippen molar-refractivity contribution in [1.29, 1.82) is 0 Å². The third kappa shape index (κ3) is 2.27. The summed E-state index contributed by atoms with van der Waals surface area (Å²) in [6.45, 7) is -0.239. The lowest BCUT2D eigenvalue weighted by molar-refractivity contribution is -0.143. The van der Waals surface area contributed by atoms with Crippen LogP contribution in [0.3, 0.4) is 0 Å². The minimum Gasteiger partial charge on any atom is -0.324 e. The maximum atomic E-state index is 12.5. The molecule has 1 aromatic carbocycles. The highest BCUT2D eigenvalue weighted by atomic mass is 35.5. The molecule has 23 heavy (non-hydrogen) atoms. The van der Waals surface area contributed by atoms with Crippen LogP contribution in [0.5, 0.6) is 0 Å². The number of carbonyl (C=O) groups is 3. The van der Waals surface area contributed by atoms with Crippen LogP contribution in [0.15, 0.2) is 36.4 Å². The average Bonchev–Trinajstić information content (AvgIpc) is 3.17. The number of hydrogen-bond donors (Lipinski definition) is 1. The second-order valence-electron chi connectivity index (χ2n) is 6.32. The molecule has 0 aromatic heterocycles. The SMILES string of the molecule is O=C(CN1C(=O)[C@H]2[C@H](C1=O)[C@H]1C=C[C@H]2C1)Nc1cccc(Cl)c1. The molecule has 1 aliphatic heterocycles. The summed E-state index contributed by atoms with van der Waals surface area (Å²) in [6.07, 6.45) is 4.95. The summed E-state index contributed by atoms with van der Waals surface area (Å²) in [5.74, 6) is -1.04. The molecule has 1 N–H and O–H groups in total. The van der Waals surface area contributed by atoms with Gasteiger partial charge in [0.2, 0.25) is 17.7 Å². The molecule has 6 heteroatoms. The number of fused-ring (bicyclic) bond motifs is 5. The van der Waals surface area contributed by atoms with Crippen LogP contribution in [0.25, 0.3) is 0 Å². The maximum Gasteiger partial charge on any atom is 0.244 e. The van der Waals surface area contributed by atoms with Crippen molar-refractivity contribution >= 4 is 35.0 Å². The van der Waals surface area contributed by atoms with Crippen LogP contribution >= 0.6 is 11.6 Å². The second-order valence-corrected chi connectivity index (χ2v) is 6.76. The number of hydrogen-bond acceptors (Lipinski definition) is 3. The molecule has 1 heterocycles. The van der Waals surface area contributed by atoms with Crippen molar-refractivity contribution in [1.82, 2.24) is 4.90 Å². The summed E-state index contributed by atoms with van der Waals surface area (Å²) in [6, 6.07) is 6.74. The zero-order valence-corrected chi connectivity index (χ0v) is 13.0. The summed E-state index contributed by atoms with van der Waals surface area (Å²) >= 11 is 5.87. The summed E-state index contributed by atoms with van der Waals surface area (Å²) < 4.78 is 0. The molecule has 4 atom stereocenters. The molecule has 3 amide bonds. The van der Waals surface area contributed by atoms with Crippen molar-refractivity contribution in [2.45, 2.75) is 6.42 Å². The predicted octanol–water partition coefficient (Wildman–Crippen LogP) is 2.09. The minimum atomic E-state index is -0.394. The lowest BCUT2D eigenvalue weighted by atomic mass is 9.85. The van der Waals surface area contributed by atoms with E-state index >= 15 is 0 Å². The zero-order valence-electron chi connectivity index (χ0n) is 12.2. The number of benzene rings is 1. The fourth-order valence-electron chi connectivity index (χ4n) is 4.03. The molecule has 3 aliphatic rings. The number of nitrogens with zero attached hydrogens (tertiary/aromatic N) is 1. The maximum absolute atomic E-state index is 12.5. The van der Waals surface area contributed by atoms with Crippen molar-refractivity contribution in [2.24, 2.45) is 23.7 Å². The Morgan fingerprint density at radius 1 is 1.17 bits per heavy atom. The summed E-state index contributed by atoms with van der Waals surface area (Å²) in [5.41, 5.74) is 0.545. The molecular formula is C17H15ClN2O3. The fourth-order valence-corrected chi connectivity index (χ4v) is 4.22. The predicted molar refractivity (Wildman–Crippen MR) is 84.5 cm³/mol. The van der Waals surface area contributed by atoms with E-state index in [1.54, 1.807) is 24.3 Å². The van der Waals surface area contributed by atoms with Crippen molar-refractivity contribution in [3.05, 3.63) is 41.4 Å². The lowest BCUT2D eigenvalue weighted by Crippen LogP contribution is -2.39. The molecule has 4 rings (SSSR count). The summed E-state index contributed by atoms with van der Waals surface area (Å²) in [4.78, 5) is 38.3. The van der Waals surface area contributed by atoms with Gasteiger partial charge >= 0.3 is 0 Å². The number of rotatable bonds is 3. The van der Waals surface area contributed by atoms with Crippen LogP contribution in [0.1, 0.15) is 6.42 Å². The molecule has 2 bridgehead atoms. The Hall–Kier alpha value is -2.14. The van der Waals surface area contributed by atoms with Gasteiger partial charge in [0.05, 0.1) is 11.8 Å². The van der Waals surface area contributed by atoms with Gasteiger partial charge in [-0.05, 0) is 36.5 Å². The number of likely N-dealkylation sites (tertiary alicyclic amines) is 1. The third-order valence-corrected chi connectivity index (χ3v) is 5.21. The van der Waals surface area contributed by atoms with Crippen LogP contribution in [0, 0.1) is 23.7 Å². The largest absolute Gasteiger partial charge is 0.324 e. The van der Waals surface area contributed by atoms with Gasteiger partial charge in [0, 0.05) is 10.7 Å². The number of amides is 3. The summed E-state index contributed by atoms with van der Waals surface area (Å²) in [7, 11) is 0. The molecule has 2 aliphatic carbocycles. The molecule has 118 valence electrons. The van der Waals surface area contributed by atoms with Gasteiger partial charge in [-0.15, -0.1) is 0 Å². The van der Waals surface area contributed by atoms with Gasteiger partial charge in [0.15, 0.2) is 0 Å². The topological polar surface area (TPSA) is 66.5 Å². The third-order valence-electron chi connectivity index (χ3n) is 4.97. The normalized spacial score (nSPS) is 30.9. The number of halogens is 1. The summed E-state index contributed by atoms with van der Waals surface area (Å²) in [5, 5.41) is 3.18. The standard InChI is InChI=1S/C17H15ClN2O3/c18-11-2-1-3-12(7-11)19-13(21)8-20-16(22)14-9-4-5-10(6-9)15(14)17(20)23/h1-5,7,9-10,14-15H,6,8H2,(H,19,21)/t9-,10-,14+,15+/m0/s1. The molecule has 2 fully saturated rings.